The van der Waals surface area contributed by atoms with Crippen LogP contribution >= 0.6 is 11.6 Å². The molecule has 2 aromatic heterocycles. The summed E-state index contributed by atoms with van der Waals surface area (Å²) in [6.45, 7) is 0.0221. The van der Waals surface area contributed by atoms with Crippen LogP contribution < -0.4 is 0 Å². The van der Waals surface area contributed by atoms with E-state index in [9.17, 15) is 4.79 Å². The summed E-state index contributed by atoms with van der Waals surface area (Å²) in [6, 6.07) is 7.19. The van der Waals surface area contributed by atoms with Crippen LogP contribution in [0.1, 0.15) is 5.82 Å². The minimum absolute atomic E-state index is 0.0221. The maximum Gasteiger partial charge on any atom is 0.332 e. The lowest BCUT2D eigenvalue weighted by molar-refractivity contribution is -0.139. The van der Waals surface area contributed by atoms with E-state index in [0.29, 0.717) is 16.7 Å². The minimum atomic E-state index is -0.527. The molecule has 2 heterocycles. The Kier molecular flexibility index (Phi) is 4.44. The van der Waals surface area contributed by atoms with Gasteiger partial charge in [0.05, 0.1) is 0 Å². The van der Waals surface area contributed by atoms with Gasteiger partial charge in [-0.2, -0.15) is 0 Å². The lowest BCUT2D eigenvalue weighted by Crippen LogP contribution is -2.02. The number of aromatic nitrogens is 6. The van der Waals surface area contributed by atoms with Gasteiger partial charge < -0.3 is 9.72 Å². The average molecular weight is 331 g/mol. The molecule has 8 nitrogen and oxygen atoms in total. The van der Waals surface area contributed by atoms with Gasteiger partial charge >= 0.3 is 5.97 Å². The molecular formula is C14H11ClN6O2. The molecule has 0 aliphatic carbocycles. The van der Waals surface area contributed by atoms with Crippen molar-refractivity contribution in [2.45, 2.75) is 6.61 Å². The SMILES string of the molecule is O=C(/C=C\n1cnc(-c2cccc(Cl)c2)n1)OCc1nnc[nH]1. The highest BCUT2D eigenvalue weighted by Crippen LogP contribution is 2.18. The topological polar surface area (TPSA) is 98.6 Å². The van der Waals surface area contributed by atoms with Crippen molar-refractivity contribution in [2.24, 2.45) is 0 Å². The van der Waals surface area contributed by atoms with Crippen LogP contribution in [0.2, 0.25) is 5.02 Å². The van der Waals surface area contributed by atoms with Gasteiger partial charge in [0, 0.05) is 22.9 Å². The third-order valence-electron chi connectivity index (χ3n) is 2.77. The van der Waals surface area contributed by atoms with Crippen LogP contribution in [0.15, 0.2) is 43.0 Å². The zero-order chi connectivity index (χ0) is 16.1. The van der Waals surface area contributed by atoms with E-state index in [1.54, 1.807) is 12.1 Å². The van der Waals surface area contributed by atoms with Gasteiger partial charge in [-0.05, 0) is 12.1 Å². The molecule has 9 heteroatoms. The number of ether oxygens (including phenoxy) is 1. The van der Waals surface area contributed by atoms with E-state index in [0.717, 1.165) is 5.56 Å². The first-order chi connectivity index (χ1) is 11.2. The lowest BCUT2D eigenvalue weighted by atomic mass is 10.2. The van der Waals surface area contributed by atoms with E-state index in [2.05, 4.69) is 25.3 Å². The summed E-state index contributed by atoms with van der Waals surface area (Å²) >= 11 is 5.93. The molecule has 0 aliphatic heterocycles. The van der Waals surface area contributed by atoms with E-state index < -0.39 is 5.97 Å². The van der Waals surface area contributed by atoms with Crippen LogP contribution in [-0.2, 0) is 16.1 Å². The molecule has 0 aliphatic rings. The molecule has 3 rings (SSSR count). The number of carbonyl (C=O) groups excluding carboxylic acids is 1. The summed E-state index contributed by atoms with van der Waals surface area (Å²) in [5.41, 5.74) is 0.789. The summed E-state index contributed by atoms with van der Waals surface area (Å²) in [5.74, 6) is 0.448. The van der Waals surface area contributed by atoms with Gasteiger partial charge in [-0.25, -0.2) is 14.5 Å². The molecule has 1 N–H and O–H groups in total. The fourth-order valence-electron chi connectivity index (χ4n) is 1.73. The van der Waals surface area contributed by atoms with Crippen LogP contribution in [-0.4, -0.2) is 35.9 Å². The molecule has 0 radical (unpaired) electrons. The highest BCUT2D eigenvalue weighted by Gasteiger charge is 2.04. The predicted octanol–water partition coefficient (Wildman–Crippen LogP) is 1.93. The summed E-state index contributed by atoms with van der Waals surface area (Å²) in [5, 5.41) is 12.1. The molecule has 0 saturated heterocycles. The molecule has 0 bridgehead atoms. The van der Waals surface area contributed by atoms with Gasteiger partial charge in [-0.15, -0.1) is 15.3 Å². The Morgan fingerprint density at radius 2 is 2.35 bits per heavy atom. The second-order valence-corrected chi connectivity index (χ2v) is 4.85. The number of rotatable bonds is 5. The largest absolute Gasteiger partial charge is 0.454 e. The third-order valence-corrected chi connectivity index (χ3v) is 3.01. The molecule has 23 heavy (non-hydrogen) atoms. The van der Waals surface area contributed by atoms with Crippen molar-refractivity contribution in [3.8, 4) is 11.4 Å². The van der Waals surface area contributed by atoms with Gasteiger partial charge in [0.15, 0.2) is 18.3 Å². The number of aromatic amines is 1. The van der Waals surface area contributed by atoms with Gasteiger partial charge in [0.1, 0.15) is 12.7 Å². The van der Waals surface area contributed by atoms with Crippen LogP contribution in [0.3, 0.4) is 0 Å². The second kappa shape index (κ2) is 6.84. The Balaban J connectivity index is 1.61. The molecule has 0 spiro atoms. The number of hydrogen-bond donors (Lipinski definition) is 1. The molecule has 0 saturated carbocycles. The van der Waals surface area contributed by atoms with E-state index in [4.69, 9.17) is 16.3 Å². The van der Waals surface area contributed by atoms with E-state index in [1.807, 2.05) is 12.1 Å². The maximum atomic E-state index is 11.6. The number of halogens is 1. The minimum Gasteiger partial charge on any atom is -0.454 e. The van der Waals surface area contributed by atoms with Crippen LogP contribution in [0.4, 0.5) is 0 Å². The van der Waals surface area contributed by atoms with Crippen LogP contribution in [0, 0.1) is 0 Å². The highest BCUT2D eigenvalue weighted by atomic mass is 35.5. The van der Waals surface area contributed by atoms with Crippen molar-refractivity contribution in [3.05, 3.63) is 53.8 Å². The van der Waals surface area contributed by atoms with Crippen molar-refractivity contribution in [1.29, 1.82) is 0 Å². The van der Waals surface area contributed by atoms with Gasteiger partial charge in [0.2, 0.25) is 0 Å². The quantitative estimate of drug-likeness (QED) is 0.567. The molecular weight excluding hydrogens is 320 g/mol. The number of H-pyrrole nitrogens is 1. The number of nitrogens with one attached hydrogen (secondary N) is 1. The molecule has 0 unspecified atom stereocenters. The summed E-state index contributed by atoms with van der Waals surface area (Å²) in [7, 11) is 0. The molecule has 0 atom stereocenters. The smallest absolute Gasteiger partial charge is 0.332 e. The Morgan fingerprint density at radius 1 is 1.43 bits per heavy atom. The molecule has 116 valence electrons. The summed E-state index contributed by atoms with van der Waals surface area (Å²) in [6.07, 6.45) is 5.58. The Labute approximate surface area is 135 Å². The standard InChI is InChI=1S/C14H11ClN6O2/c15-11-3-1-2-10(6-11)14-17-9-21(20-14)5-4-13(22)23-7-12-16-8-18-19-12/h1-6,8-9H,7H2,(H,16,18,19)/b5-4-. The number of esters is 1. The fraction of sp³-hybridized carbons (Fsp3) is 0.0714. The first-order valence-electron chi connectivity index (χ1n) is 6.58. The Morgan fingerprint density at radius 3 is 3.13 bits per heavy atom. The Hall–Kier alpha value is -3.00. The normalized spacial score (nSPS) is 11.0. The third kappa shape index (κ3) is 4.01. The van der Waals surface area contributed by atoms with E-state index in [-0.39, 0.29) is 6.61 Å². The average Bonchev–Trinajstić information content (AvgIpc) is 3.22. The molecule has 3 aromatic rings. The fourth-order valence-corrected chi connectivity index (χ4v) is 1.92. The second-order valence-electron chi connectivity index (χ2n) is 4.42. The molecule has 0 fully saturated rings. The molecule has 0 amide bonds. The van der Waals surface area contributed by atoms with Crippen molar-refractivity contribution >= 4 is 23.8 Å². The van der Waals surface area contributed by atoms with Crippen LogP contribution in [0.25, 0.3) is 17.6 Å². The molecule has 1 aromatic carbocycles. The van der Waals surface area contributed by atoms with Crippen LogP contribution in [0.5, 0.6) is 0 Å². The first kappa shape index (κ1) is 14.9. The summed E-state index contributed by atoms with van der Waals surface area (Å²) in [4.78, 5) is 18.5. The van der Waals surface area contributed by atoms with Crippen molar-refractivity contribution < 1.29 is 9.53 Å². The van der Waals surface area contributed by atoms with Crippen molar-refractivity contribution in [3.63, 3.8) is 0 Å². The predicted molar refractivity (Wildman–Crippen MR) is 82.0 cm³/mol. The van der Waals surface area contributed by atoms with Crippen molar-refractivity contribution in [2.75, 3.05) is 0 Å². The van der Waals surface area contributed by atoms with Crippen molar-refractivity contribution in [1.82, 2.24) is 29.9 Å². The Bertz CT molecular complexity index is 827. The number of carbonyl (C=O) groups is 1. The lowest BCUT2D eigenvalue weighted by Gasteiger charge is -1.97. The zero-order valence-electron chi connectivity index (χ0n) is 11.8. The van der Waals surface area contributed by atoms with Gasteiger partial charge in [-0.3, -0.25) is 0 Å². The number of hydrogen-bond acceptors (Lipinski definition) is 6. The van der Waals surface area contributed by atoms with E-state index >= 15 is 0 Å². The number of benzene rings is 1. The first-order valence-corrected chi connectivity index (χ1v) is 6.95. The maximum absolute atomic E-state index is 11.6. The van der Waals surface area contributed by atoms with Gasteiger partial charge in [0.25, 0.3) is 0 Å². The monoisotopic (exact) mass is 330 g/mol. The summed E-state index contributed by atoms with van der Waals surface area (Å²) < 4.78 is 6.39. The zero-order valence-corrected chi connectivity index (χ0v) is 12.5. The van der Waals surface area contributed by atoms with Gasteiger partial charge in [-0.1, -0.05) is 23.7 Å². The van der Waals surface area contributed by atoms with E-state index in [1.165, 1.54) is 29.6 Å². The highest BCUT2D eigenvalue weighted by molar-refractivity contribution is 6.30. The number of nitrogens with zero attached hydrogens (tertiary/aromatic N) is 5.